The second-order valence-corrected chi connectivity index (χ2v) is 9.67. The lowest BCUT2D eigenvalue weighted by molar-refractivity contribution is -0.0702. The van der Waals surface area contributed by atoms with Crippen LogP contribution in [0.1, 0.15) is 66.7 Å². The molecule has 0 bridgehead atoms. The highest BCUT2D eigenvalue weighted by Crippen LogP contribution is 2.66. The lowest BCUT2D eigenvalue weighted by atomic mass is 9.51. The molecular formula is C20H32O2. The number of hydrogen-bond donors (Lipinski definition) is 1. The predicted molar refractivity (Wildman–Crippen MR) is 88.5 cm³/mol. The summed E-state index contributed by atoms with van der Waals surface area (Å²) in [6.45, 7) is 11.8. The Labute approximate surface area is 135 Å². The first-order valence-corrected chi connectivity index (χ1v) is 9.27. The van der Waals surface area contributed by atoms with Gasteiger partial charge in [0.15, 0.2) is 0 Å². The molecule has 3 aliphatic carbocycles. The first-order valence-electron chi connectivity index (χ1n) is 9.27. The fourth-order valence-corrected chi connectivity index (χ4v) is 6.13. The zero-order valence-corrected chi connectivity index (χ0v) is 14.9. The van der Waals surface area contributed by atoms with Gasteiger partial charge in [0, 0.05) is 5.41 Å². The summed E-state index contributed by atoms with van der Waals surface area (Å²) in [7, 11) is 0. The van der Waals surface area contributed by atoms with Gasteiger partial charge in [-0.15, -0.1) is 0 Å². The normalized spacial score (nSPS) is 56.8. The van der Waals surface area contributed by atoms with E-state index in [1.807, 2.05) is 0 Å². The Balaban J connectivity index is 1.73. The zero-order chi connectivity index (χ0) is 15.9. The van der Waals surface area contributed by atoms with Crippen molar-refractivity contribution in [2.24, 2.45) is 28.6 Å². The van der Waals surface area contributed by atoms with Crippen LogP contribution in [0.2, 0.25) is 0 Å². The number of ether oxygens (including phenoxy) is 1. The smallest absolute Gasteiger partial charge is 0.0920 e. The van der Waals surface area contributed by atoms with Crippen LogP contribution < -0.4 is 0 Å². The molecule has 0 spiro atoms. The van der Waals surface area contributed by atoms with Crippen LogP contribution in [-0.2, 0) is 4.74 Å². The maximum absolute atomic E-state index is 10.8. The van der Waals surface area contributed by atoms with E-state index in [2.05, 4.69) is 40.7 Å². The number of aliphatic hydroxyl groups is 1. The quantitative estimate of drug-likeness (QED) is 0.578. The first-order chi connectivity index (χ1) is 10.2. The van der Waals surface area contributed by atoms with Gasteiger partial charge < -0.3 is 9.84 Å². The second-order valence-electron chi connectivity index (χ2n) is 9.67. The summed E-state index contributed by atoms with van der Waals surface area (Å²) in [5.41, 5.74) is 2.16. The highest BCUT2D eigenvalue weighted by atomic mass is 16.6. The Hall–Kier alpha value is -0.340. The van der Waals surface area contributed by atoms with E-state index >= 15 is 0 Å². The molecule has 1 aliphatic heterocycles. The predicted octanol–water partition coefficient (Wildman–Crippen LogP) is 4.32. The Morgan fingerprint density at radius 3 is 2.59 bits per heavy atom. The van der Waals surface area contributed by atoms with E-state index in [9.17, 15) is 5.11 Å². The van der Waals surface area contributed by atoms with E-state index in [1.165, 1.54) is 31.3 Å². The van der Waals surface area contributed by atoms with Gasteiger partial charge in [-0.1, -0.05) is 39.3 Å². The van der Waals surface area contributed by atoms with Crippen LogP contribution in [0.15, 0.2) is 11.6 Å². The zero-order valence-electron chi connectivity index (χ0n) is 14.9. The van der Waals surface area contributed by atoms with E-state index in [4.69, 9.17) is 4.74 Å². The molecule has 2 saturated carbocycles. The average Bonchev–Trinajstić information content (AvgIpc) is 2.99. The number of aliphatic hydroxyl groups excluding tert-OH is 1. The fraction of sp³-hybridized carbons (Fsp3) is 0.900. The van der Waals surface area contributed by atoms with E-state index in [-0.39, 0.29) is 17.1 Å². The SMILES string of the molecule is CC(C)C1=C[C@H](O)[C@@]2(C)CC[C@@]3(C)C[C@H]4O[C@@]4(C)CC[C@@H]3[C@@H]12. The molecule has 7 atom stereocenters. The lowest BCUT2D eigenvalue weighted by Crippen LogP contribution is -2.49. The Morgan fingerprint density at radius 1 is 1.18 bits per heavy atom. The maximum atomic E-state index is 10.8. The molecule has 4 rings (SSSR count). The molecule has 1 N–H and O–H groups in total. The molecule has 1 saturated heterocycles. The molecule has 2 nitrogen and oxygen atoms in total. The van der Waals surface area contributed by atoms with Crippen LogP contribution in [0.25, 0.3) is 0 Å². The Kier molecular flexibility index (Phi) is 3.03. The summed E-state index contributed by atoms with van der Waals surface area (Å²) in [5.74, 6) is 1.83. The Morgan fingerprint density at radius 2 is 1.91 bits per heavy atom. The second kappa shape index (κ2) is 4.39. The third kappa shape index (κ3) is 1.86. The molecule has 0 aromatic carbocycles. The van der Waals surface area contributed by atoms with Gasteiger partial charge in [0.1, 0.15) is 0 Å². The summed E-state index contributed by atoms with van der Waals surface area (Å²) in [5, 5.41) is 10.8. The molecule has 0 unspecified atom stereocenters. The molecular weight excluding hydrogens is 272 g/mol. The third-order valence-corrected chi connectivity index (χ3v) is 7.93. The molecule has 2 heteroatoms. The molecule has 0 amide bonds. The van der Waals surface area contributed by atoms with E-state index in [1.54, 1.807) is 0 Å². The van der Waals surface area contributed by atoms with E-state index < -0.39 is 0 Å². The number of hydrogen-bond acceptors (Lipinski definition) is 2. The van der Waals surface area contributed by atoms with Gasteiger partial charge in [-0.25, -0.2) is 0 Å². The number of epoxide rings is 1. The van der Waals surface area contributed by atoms with Crippen molar-refractivity contribution in [3.8, 4) is 0 Å². The maximum Gasteiger partial charge on any atom is 0.0920 e. The standard InChI is InChI=1S/C20H32O2/c1-12(2)13-10-15(21)19(4)9-8-18(3)11-16-20(5,22-16)7-6-14(18)17(13)19/h10,12,14-17,21H,6-9,11H2,1-5H3/t14-,15+,16-,17-,18+,19-,20+/m1/s1. The van der Waals surface area contributed by atoms with Crippen molar-refractivity contribution in [3.05, 3.63) is 11.6 Å². The summed E-state index contributed by atoms with van der Waals surface area (Å²) in [6.07, 6.45) is 8.55. The van der Waals surface area contributed by atoms with Crippen LogP contribution in [0.5, 0.6) is 0 Å². The topological polar surface area (TPSA) is 32.8 Å². The number of rotatable bonds is 1. The van der Waals surface area contributed by atoms with Crippen molar-refractivity contribution in [3.63, 3.8) is 0 Å². The van der Waals surface area contributed by atoms with Crippen LogP contribution in [0, 0.1) is 28.6 Å². The highest BCUT2D eigenvalue weighted by Gasteiger charge is 2.64. The van der Waals surface area contributed by atoms with Crippen molar-refractivity contribution in [2.45, 2.75) is 84.5 Å². The molecule has 0 aromatic rings. The molecule has 3 fully saturated rings. The van der Waals surface area contributed by atoms with Gasteiger partial charge >= 0.3 is 0 Å². The van der Waals surface area contributed by atoms with Crippen LogP contribution in [0.3, 0.4) is 0 Å². The van der Waals surface area contributed by atoms with Gasteiger partial charge in [-0.3, -0.25) is 0 Å². The lowest BCUT2D eigenvalue weighted by Gasteiger charge is -2.54. The van der Waals surface area contributed by atoms with Crippen molar-refractivity contribution < 1.29 is 9.84 Å². The molecule has 0 radical (unpaired) electrons. The van der Waals surface area contributed by atoms with Gasteiger partial charge in [0.2, 0.25) is 0 Å². The van der Waals surface area contributed by atoms with Crippen molar-refractivity contribution in [2.75, 3.05) is 0 Å². The fourth-order valence-electron chi connectivity index (χ4n) is 6.13. The van der Waals surface area contributed by atoms with Gasteiger partial charge in [-0.2, -0.15) is 0 Å². The summed E-state index contributed by atoms with van der Waals surface area (Å²) >= 11 is 0. The summed E-state index contributed by atoms with van der Waals surface area (Å²) in [4.78, 5) is 0. The van der Waals surface area contributed by atoms with Crippen molar-refractivity contribution >= 4 is 0 Å². The largest absolute Gasteiger partial charge is 0.388 e. The Bertz CT molecular complexity index is 524. The monoisotopic (exact) mass is 304 g/mol. The van der Waals surface area contributed by atoms with Crippen LogP contribution >= 0.6 is 0 Å². The van der Waals surface area contributed by atoms with Crippen molar-refractivity contribution in [1.82, 2.24) is 0 Å². The minimum absolute atomic E-state index is 0.0695. The van der Waals surface area contributed by atoms with E-state index in [0.29, 0.717) is 29.3 Å². The molecule has 4 aliphatic rings. The molecule has 1 heterocycles. The molecule has 0 aromatic heterocycles. The molecule has 22 heavy (non-hydrogen) atoms. The van der Waals surface area contributed by atoms with E-state index in [0.717, 1.165) is 6.42 Å². The number of fused-ring (bicyclic) bond motifs is 4. The molecule has 124 valence electrons. The summed E-state index contributed by atoms with van der Waals surface area (Å²) < 4.78 is 6.03. The first kappa shape index (κ1) is 15.2. The average molecular weight is 304 g/mol. The van der Waals surface area contributed by atoms with Crippen LogP contribution in [-0.4, -0.2) is 22.9 Å². The number of allylic oxidation sites excluding steroid dienone is 1. The van der Waals surface area contributed by atoms with Crippen molar-refractivity contribution in [1.29, 1.82) is 0 Å². The van der Waals surface area contributed by atoms with Gasteiger partial charge in [-0.05, 0) is 62.2 Å². The van der Waals surface area contributed by atoms with Gasteiger partial charge in [0.05, 0.1) is 17.8 Å². The third-order valence-electron chi connectivity index (χ3n) is 7.93. The van der Waals surface area contributed by atoms with Crippen LogP contribution in [0.4, 0.5) is 0 Å². The minimum Gasteiger partial charge on any atom is -0.388 e. The highest BCUT2D eigenvalue weighted by molar-refractivity contribution is 5.29. The minimum atomic E-state index is -0.246. The summed E-state index contributed by atoms with van der Waals surface area (Å²) in [6, 6.07) is 0. The van der Waals surface area contributed by atoms with Gasteiger partial charge in [0.25, 0.3) is 0 Å².